The van der Waals surface area contributed by atoms with E-state index in [4.69, 9.17) is 16.7 Å². The molecule has 1 N–H and O–H groups in total. The molecule has 0 unspecified atom stereocenters. The van der Waals surface area contributed by atoms with E-state index in [1.807, 2.05) is 0 Å². The van der Waals surface area contributed by atoms with Gasteiger partial charge in [-0.2, -0.15) is 0 Å². The highest BCUT2D eigenvalue weighted by atomic mass is 35.5. The molecule has 3 nitrogen and oxygen atoms in total. The molecule has 0 aliphatic rings. The van der Waals surface area contributed by atoms with Crippen molar-refractivity contribution in [3.63, 3.8) is 0 Å². The standard InChI is InChI=1S/C13H9ClF3NO2/c14-12-10(7-19)4-9(6-18-12)8-2-1-3-11(5-8)20-13(15,16)17/h1-6,19H,7H2. The van der Waals surface area contributed by atoms with E-state index in [-0.39, 0.29) is 17.5 Å². The summed E-state index contributed by atoms with van der Waals surface area (Å²) < 4.78 is 40.3. The predicted octanol–water partition coefficient (Wildman–Crippen LogP) is 3.79. The number of nitrogens with zero attached hydrogens (tertiary/aromatic N) is 1. The van der Waals surface area contributed by atoms with Crippen molar-refractivity contribution in [3.8, 4) is 16.9 Å². The second-order valence-electron chi connectivity index (χ2n) is 3.91. The molecule has 2 rings (SSSR count). The normalized spacial score (nSPS) is 11.4. The zero-order valence-electron chi connectivity index (χ0n) is 9.99. The minimum Gasteiger partial charge on any atom is -0.406 e. The van der Waals surface area contributed by atoms with Gasteiger partial charge in [0.25, 0.3) is 0 Å². The number of halogens is 4. The number of hydrogen-bond donors (Lipinski definition) is 1. The van der Waals surface area contributed by atoms with E-state index in [0.717, 1.165) is 0 Å². The predicted molar refractivity (Wildman–Crippen MR) is 67.3 cm³/mol. The van der Waals surface area contributed by atoms with E-state index < -0.39 is 6.36 Å². The summed E-state index contributed by atoms with van der Waals surface area (Å²) in [6, 6.07) is 7.04. The number of aliphatic hydroxyl groups excluding tert-OH is 1. The van der Waals surface area contributed by atoms with Crippen molar-refractivity contribution < 1.29 is 23.0 Å². The fourth-order valence-electron chi connectivity index (χ4n) is 1.64. The van der Waals surface area contributed by atoms with Crippen molar-refractivity contribution >= 4 is 11.6 Å². The summed E-state index contributed by atoms with van der Waals surface area (Å²) in [5.41, 5.74) is 1.41. The lowest BCUT2D eigenvalue weighted by molar-refractivity contribution is -0.274. The summed E-state index contributed by atoms with van der Waals surface area (Å²) in [7, 11) is 0. The molecule has 1 aromatic heterocycles. The van der Waals surface area contributed by atoms with Gasteiger partial charge in [-0.05, 0) is 23.8 Å². The molecule has 0 fully saturated rings. The summed E-state index contributed by atoms with van der Waals surface area (Å²) in [6.07, 6.45) is -3.33. The average molecular weight is 304 g/mol. The van der Waals surface area contributed by atoms with Crippen LogP contribution in [-0.4, -0.2) is 16.5 Å². The SMILES string of the molecule is OCc1cc(-c2cccc(OC(F)(F)F)c2)cnc1Cl. The number of pyridine rings is 1. The first-order valence-electron chi connectivity index (χ1n) is 5.50. The van der Waals surface area contributed by atoms with Crippen LogP contribution in [0.4, 0.5) is 13.2 Å². The molecule has 1 heterocycles. The van der Waals surface area contributed by atoms with Crippen LogP contribution in [0.1, 0.15) is 5.56 Å². The molecule has 7 heteroatoms. The second kappa shape index (κ2) is 5.68. The first-order chi connectivity index (χ1) is 9.39. The third-order valence-electron chi connectivity index (χ3n) is 2.48. The van der Waals surface area contributed by atoms with Crippen molar-refractivity contribution in [1.82, 2.24) is 4.98 Å². The highest BCUT2D eigenvalue weighted by Gasteiger charge is 2.31. The van der Waals surface area contributed by atoms with E-state index in [1.165, 1.54) is 24.4 Å². The number of aliphatic hydroxyl groups is 1. The highest BCUT2D eigenvalue weighted by molar-refractivity contribution is 6.30. The topological polar surface area (TPSA) is 42.4 Å². The minimum atomic E-state index is -4.74. The molecule has 0 atom stereocenters. The lowest BCUT2D eigenvalue weighted by Gasteiger charge is -2.10. The third kappa shape index (κ3) is 3.61. The molecule has 0 spiro atoms. The van der Waals surface area contributed by atoms with Crippen LogP contribution in [0.2, 0.25) is 5.15 Å². The van der Waals surface area contributed by atoms with Gasteiger partial charge >= 0.3 is 6.36 Å². The Bertz CT molecular complexity index is 617. The average Bonchev–Trinajstić information content (AvgIpc) is 2.37. The lowest BCUT2D eigenvalue weighted by atomic mass is 10.1. The smallest absolute Gasteiger partial charge is 0.406 e. The maximum absolute atomic E-state index is 12.2. The Morgan fingerprint density at radius 3 is 2.60 bits per heavy atom. The van der Waals surface area contributed by atoms with Gasteiger partial charge in [0.15, 0.2) is 0 Å². The summed E-state index contributed by atoms with van der Waals surface area (Å²) >= 11 is 5.76. The fourth-order valence-corrected chi connectivity index (χ4v) is 1.80. The monoisotopic (exact) mass is 303 g/mol. The van der Waals surface area contributed by atoms with Gasteiger partial charge in [-0.1, -0.05) is 23.7 Å². The van der Waals surface area contributed by atoms with Crippen LogP contribution in [0.15, 0.2) is 36.5 Å². The molecule has 0 radical (unpaired) electrons. The second-order valence-corrected chi connectivity index (χ2v) is 4.27. The Kier molecular flexibility index (Phi) is 4.15. The Morgan fingerprint density at radius 2 is 1.95 bits per heavy atom. The van der Waals surface area contributed by atoms with Crippen LogP contribution >= 0.6 is 11.6 Å². The van der Waals surface area contributed by atoms with Crippen molar-refractivity contribution in [2.75, 3.05) is 0 Å². The molecule has 0 aliphatic carbocycles. The number of benzene rings is 1. The zero-order chi connectivity index (χ0) is 14.8. The van der Waals surface area contributed by atoms with Crippen LogP contribution in [0, 0.1) is 0 Å². The van der Waals surface area contributed by atoms with Crippen LogP contribution < -0.4 is 4.74 Å². The molecule has 106 valence electrons. The number of rotatable bonds is 3. The Labute approximate surface area is 117 Å². The molecule has 20 heavy (non-hydrogen) atoms. The molecular weight excluding hydrogens is 295 g/mol. The van der Waals surface area contributed by atoms with Gasteiger partial charge in [0.1, 0.15) is 10.9 Å². The third-order valence-corrected chi connectivity index (χ3v) is 2.82. The molecule has 2 aromatic rings. The number of ether oxygens (including phenoxy) is 1. The zero-order valence-corrected chi connectivity index (χ0v) is 10.7. The fraction of sp³-hybridized carbons (Fsp3) is 0.154. The summed E-state index contributed by atoms with van der Waals surface area (Å²) in [5, 5.41) is 9.25. The molecule has 0 aliphatic heterocycles. The van der Waals surface area contributed by atoms with E-state index in [1.54, 1.807) is 12.1 Å². The van der Waals surface area contributed by atoms with Gasteiger partial charge in [0.05, 0.1) is 6.61 Å². The first-order valence-corrected chi connectivity index (χ1v) is 5.88. The maximum Gasteiger partial charge on any atom is 0.573 e. The van der Waals surface area contributed by atoms with Crippen LogP contribution in [0.3, 0.4) is 0 Å². The van der Waals surface area contributed by atoms with E-state index in [2.05, 4.69) is 9.72 Å². The Morgan fingerprint density at radius 1 is 1.20 bits per heavy atom. The molecular formula is C13H9ClF3NO2. The van der Waals surface area contributed by atoms with E-state index in [0.29, 0.717) is 16.7 Å². The van der Waals surface area contributed by atoms with Crippen LogP contribution in [0.25, 0.3) is 11.1 Å². The highest BCUT2D eigenvalue weighted by Crippen LogP contribution is 2.29. The largest absolute Gasteiger partial charge is 0.573 e. The van der Waals surface area contributed by atoms with Gasteiger partial charge in [-0.25, -0.2) is 4.98 Å². The number of alkyl halides is 3. The van der Waals surface area contributed by atoms with Gasteiger partial charge in [0.2, 0.25) is 0 Å². The van der Waals surface area contributed by atoms with Gasteiger partial charge < -0.3 is 9.84 Å². The molecule has 0 saturated carbocycles. The van der Waals surface area contributed by atoms with Gasteiger partial charge in [-0.3, -0.25) is 0 Å². The summed E-state index contributed by atoms with van der Waals surface area (Å²) in [6.45, 7) is -0.307. The van der Waals surface area contributed by atoms with E-state index >= 15 is 0 Å². The van der Waals surface area contributed by atoms with Crippen molar-refractivity contribution in [2.24, 2.45) is 0 Å². The minimum absolute atomic E-state index is 0.152. The molecule has 1 aromatic carbocycles. The molecule has 0 saturated heterocycles. The van der Waals surface area contributed by atoms with Crippen molar-refractivity contribution in [3.05, 3.63) is 47.2 Å². The van der Waals surface area contributed by atoms with Crippen molar-refractivity contribution in [2.45, 2.75) is 13.0 Å². The van der Waals surface area contributed by atoms with Gasteiger partial charge in [0, 0.05) is 17.3 Å². The first kappa shape index (κ1) is 14.6. The van der Waals surface area contributed by atoms with Crippen LogP contribution in [0.5, 0.6) is 5.75 Å². The summed E-state index contributed by atoms with van der Waals surface area (Å²) in [5.74, 6) is -0.324. The van der Waals surface area contributed by atoms with Crippen molar-refractivity contribution in [1.29, 1.82) is 0 Å². The number of hydrogen-bond acceptors (Lipinski definition) is 3. The Balaban J connectivity index is 2.36. The molecule has 0 amide bonds. The lowest BCUT2D eigenvalue weighted by Crippen LogP contribution is -2.17. The summed E-state index contributed by atoms with van der Waals surface area (Å²) in [4.78, 5) is 3.87. The Hall–Kier alpha value is -1.79. The molecule has 0 bridgehead atoms. The maximum atomic E-state index is 12.2. The van der Waals surface area contributed by atoms with Crippen LogP contribution in [-0.2, 0) is 6.61 Å². The van der Waals surface area contributed by atoms with E-state index in [9.17, 15) is 13.2 Å². The number of aromatic nitrogens is 1. The quantitative estimate of drug-likeness (QED) is 0.877. The van der Waals surface area contributed by atoms with Gasteiger partial charge in [-0.15, -0.1) is 13.2 Å².